The molecule has 1 heterocycles. The Hall–Kier alpha value is -1.85. The largest absolute Gasteiger partial charge is 0.491 e. The molecule has 0 saturated carbocycles. The molecular weight excluding hydrogens is 254 g/mol. The number of H-pyrrole nitrogens is 1. The molecule has 1 aromatic carbocycles. The van der Waals surface area contributed by atoms with Crippen LogP contribution in [0.5, 0.6) is 5.75 Å². The van der Waals surface area contributed by atoms with Crippen LogP contribution in [0.4, 0.5) is 0 Å². The van der Waals surface area contributed by atoms with Crippen LogP contribution in [0.15, 0.2) is 24.3 Å². The van der Waals surface area contributed by atoms with Gasteiger partial charge in [0.15, 0.2) is 0 Å². The first kappa shape index (κ1) is 14.6. The molecule has 20 heavy (non-hydrogen) atoms. The maximum Gasteiger partial charge on any atom is 0.119 e. The molecule has 108 valence electrons. The molecule has 5 heteroatoms. The molecule has 2 rings (SSSR count). The normalized spacial score (nSPS) is 10.8. The Morgan fingerprint density at radius 1 is 1.20 bits per heavy atom. The second-order valence-electron chi connectivity index (χ2n) is 4.45. The number of benzene rings is 1. The summed E-state index contributed by atoms with van der Waals surface area (Å²) in [6.07, 6.45) is 0. The predicted molar refractivity (Wildman–Crippen MR) is 78.6 cm³/mol. The molecule has 1 aromatic heterocycles. The maximum atomic E-state index is 5.64. The van der Waals surface area contributed by atoms with Gasteiger partial charge in [0.1, 0.15) is 12.4 Å². The van der Waals surface area contributed by atoms with Crippen molar-refractivity contribution in [3.63, 3.8) is 0 Å². The number of ether oxygens (including phenoxy) is 2. The summed E-state index contributed by atoms with van der Waals surface area (Å²) in [5, 5.41) is 7.27. The Morgan fingerprint density at radius 2 is 1.95 bits per heavy atom. The quantitative estimate of drug-likeness (QED) is 0.760. The van der Waals surface area contributed by atoms with E-state index in [0.717, 1.165) is 28.3 Å². The predicted octanol–water partition coefficient (Wildman–Crippen LogP) is 2.26. The van der Waals surface area contributed by atoms with Crippen molar-refractivity contribution in [1.29, 1.82) is 0 Å². The average molecular weight is 275 g/mol. The van der Waals surface area contributed by atoms with Crippen LogP contribution in [0.1, 0.15) is 18.2 Å². The van der Waals surface area contributed by atoms with Crippen molar-refractivity contribution < 1.29 is 9.47 Å². The van der Waals surface area contributed by atoms with Crippen LogP contribution >= 0.6 is 0 Å². The van der Waals surface area contributed by atoms with E-state index in [-0.39, 0.29) is 0 Å². The van der Waals surface area contributed by atoms with Gasteiger partial charge in [-0.3, -0.25) is 5.10 Å². The van der Waals surface area contributed by atoms with E-state index < -0.39 is 0 Å². The molecule has 0 spiro atoms. The fraction of sp³-hybridized carbons (Fsp3) is 0.400. The number of hydrogen-bond acceptors (Lipinski definition) is 4. The molecule has 0 aliphatic carbocycles. The molecule has 0 aliphatic rings. The number of nitrogens with two attached hydrogens (primary N) is 1. The van der Waals surface area contributed by atoms with Crippen molar-refractivity contribution in [2.75, 3.05) is 19.8 Å². The van der Waals surface area contributed by atoms with Gasteiger partial charge < -0.3 is 15.2 Å². The lowest BCUT2D eigenvalue weighted by atomic mass is 10.1. The lowest BCUT2D eigenvalue weighted by Gasteiger charge is -2.07. The van der Waals surface area contributed by atoms with E-state index in [4.69, 9.17) is 15.2 Å². The minimum Gasteiger partial charge on any atom is -0.491 e. The zero-order valence-electron chi connectivity index (χ0n) is 12.0. The topological polar surface area (TPSA) is 73.2 Å². The SMILES string of the molecule is CCOCCOc1ccc(-c2n[nH]c(CN)c2C)cc1. The van der Waals surface area contributed by atoms with E-state index in [2.05, 4.69) is 10.2 Å². The highest BCUT2D eigenvalue weighted by Gasteiger charge is 2.09. The number of nitrogens with one attached hydrogen (secondary N) is 1. The van der Waals surface area contributed by atoms with Gasteiger partial charge in [0.05, 0.1) is 18.0 Å². The lowest BCUT2D eigenvalue weighted by Crippen LogP contribution is -2.06. The molecule has 2 aromatic rings. The molecule has 0 saturated heterocycles. The molecule has 5 nitrogen and oxygen atoms in total. The molecule has 0 atom stereocenters. The first-order chi connectivity index (χ1) is 9.76. The van der Waals surface area contributed by atoms with Gasteiger partial charge in [-0.1, -0.05) is 0 Å². The van der Waals surface area contributed by atoms with E-state index in [0.29, 0.717) is 26.4 Å². The summed E-state index contributed by atoms with van der Waals surface area (Å²) in [5.41, 5.74) is 9.69. The number of nitrogens with zero attached hydrogens (tertiary/aromatic N) is 1. The van der Waals surface area contributed by atoms with Crippen LogP contribution in [0.3, 0.4) is 0 Å². The van der Waals surface area contributed by atoms with Crippen molar-refractivity contribution in [3.05, 3.63) is 35.5 Å². The van der Waals surface area contributed by atoms with Crippen LogP contribution in [-0.4, -0.2) is 30.0 Å². The molecule has 0 aliphatic heterocycles. The zero-order valence-corrected chi connectivity index (χ0v) is 12.0. The van der Waals surface area contributed by atoms with Crippen LogP contribution in [0, 0.1) is 6.92 Å². The van der Waals surface area contributed by atoms with Gasteiger partial charge >= 0.3 is 0 Å². The molecule has 0 fully saturated rings. The molecule has 0 amide bonds. The smallest absolute Gasteiger partial charge is 0.119 e. The Labute approximate surface area is 119 Å². The Balaban J connectivity index is 2.02. The third-order valence-corrected chi connectivity index (χ3v) is 3.14. The van der Waals surface area contributed by atoms with E-state index in [1.54, 1.807) is 0 Å². The minimum atomic E-state index is 0.470. The van der Waals surface area contributed by atoms with Crippen LogP contribution in [-0.2, 0) is 11.3 Å². The molecule has 0 unspecified atom stereocenters. The Kier molecular flexibility index (Phi) is 5.15. The second-order valence-corrected chi connectivity index (χ2v) is 4.45. The van der Waals surface area contributed by atoms with E-state index in [1.165, 1.54) is 0 Å². The van der Waals surface area contributed by atoms with Gasteiger partial charge in [-0.2, -0.15) is 5.10 Å². The minimum absolute atomic E-state index is 0.470. The summed E-state index contributed by atoms with van der Waals surface area (Å²) < 4.78 is 10.8. The number of rotatable bonds is 7. The average Bonchev–Trinajstić information content (AvgIpc) is 2.85. The van der Waals surface area contributed by atoms with Crippen LogP contribution in [0.25, 0.3) is 11.3 Å². The fourth-order valence-corrected chi connectivity index (χ4v) is 1.99. The molecule has 3 N–H and O–H groups in total. The highest BCUT2D eigenvalue weighted by atomic mass is 16.5. The summed E-state index contributed by atoms with van der Waals surface area (Å²) >= 11 is 0. The monoisotopic (exact) mass is 275 g/mol. The number of aromatic amines is 1. The van der Waals surface area contributed by atoms with Crippen molar-refractivity contribution >= 4 is 0 Å². The van der Waals surface area contributed by atoms with Gasteiger partial charge in [-0.25, -0.2) is 0 Å². The summed E-state index contributed by atoms with van der Waals surface area (Å²) in [6, 6.07) is 7.88. The van der Waals surface area contributed by atoms with E-state index in [1.807, 2.05) is 38.1 Å². The first-order valence-corrected chi connectivity index (χ1v) is 6.81. The lowest BCUT2D eigenvalue weighted by molar-refractivity contribution is 0.110. The number of aromatic nitrogens is 2. The van der Waals surface area contributed by atoms with Crippen molar-refractivity contribution in [3.8, 4) is 17.0 Å². The highest BCUT2D eigenvalue weighted by Crippen LogP contribution is 2.25. The van der Waals surface area contributed by atoms with Crippen molar-refractivity contribution in [1.82, 2.24) is 10.2 Å². The van der Waals surface area contributed by atoms with Crippen molar-refractivity contribution in [2.24, 2.45) is 5.73 Å². The van der Waals surface area contributed by atoms with Crippen molar-refractivity contribution in [2.45, 2.75) is 20.4 Å². The third-order valence-electron chi connectivity index (χ3n) is 3.14. The number of hydrogen-bond donors (Lipinski definition) is 2. The van der Waals surface area contributed by atoms with E-state index in [9.17, 15) is 0 Å². The first-order valence-electron chi connectivity index (χ1n) is 6.81. The third kappa shape index (κ3) is 3.37. The molecule has 0 radical (unpaired) electrons. The second kappa shape index (κ2) is 7.07. The zero-order chi connectivity index (χ0) is 14.4. The summed E-state index contributed by atoms with van der Waals surface area (Å²) in [4.78, 5) is 0. The van der Waals surface area contributed by atoms with E-state index >= 15 is 0 Å². The summed E-state index contributed by atoms with van der Waals surface area (Å²) in [7, 11) is 0. The van der Waals surface area contributed by atoms with Gasteiger partial charge in [-0.15, -0.1) is 0 Å². The summed E-state index contributed by atoms with van der Waals surface area (Å²) in [6.45, 7) is 6.34. The van der Waals surface area contributed by atoms with Crippen LogP contribution in [0.2, 0.25) is 0 Å². The highest BCUT2D eigenvalue weighted by molar-refractivity contribution is 5.64. The summed E-state index contributed by atoms with van der Waals surface area (Å²) in [5.74, 6) is 0.834. The Bertz CT molecular complexity index is 535. The standard InChI is InChI=1S/C15H21N3O2/c1-3-19-8-9-20-13-6-4-12(5-7-13)15-11(2)14(10-16)17-18-15/h4-7H,3,8-10,16H2,1-2H3,(H,17,18). The maximum absolute atomic E-state index is 5.64. The van der Waals surface area contributed by atoms with Gasteiger partial charge in [0, 0.05) is 18.7 Å². The molecular formula is C15H21N3O2. The van der Waals surface area contributed by atoms with Gasteiger partial charge in [0.25, 0.3) is 0 Å². The van der Waals surface area contributed by atoms with Gasteiger partial charge in [-0.05, 0) is 43.7 Å². The fourth-order valence-electron chi connectivity index (χ4n) is 1.99. The van der Waals surface area contributed by atoms with Crippen LogP contribution < -0.4 is 10.5 Å². The molecule has 0 bridgehead atoms. The Morgan fingerprint density at radius 3 is 2.55 bits per heavy atom. The van der Waals surface area contributed by atoms with Gasteiger partial charge in [0.2, 0.25) is 0 Å².